The Morgan fingerprint density at radius 2 is 2.18 bits per heavy atom. The smallest absolute Gasteiger partial charge is 0.244 e. The Hall–Kier alpha value is -2.08. The summed E-state index contributed by atoms with van der Waals surface area (Å²) in [5.41, 5.74) is 0. The summed E-state index contributed by atoms with van der Waals surface area (Å²) >= 11 is 0. The molecule has 0 aliphatic heterocycles. The minimum absolute atomic E-state index is 0.0596. The summed E-state index contributed by atoms with van der Waals surface area (Å²) in [6, 6.07) is 3.80. The molecular formula is C16H22N2O4. The maximum Gasteiger partial charge on any atom is 0.244 e. The fourth-order valence-corrected chi connectivity index (χ4v) is 2.11. The molecule has 0 saturated heterocycles. The van der Waals surface area contributed by atoms with Crippen LogP contribution in [-0.2, 0) is 14.3 Å². The zero-order chi connectivity index (χ0) is 15.9. The number of hydrogen-bond donors (Lipinski definition) is 2. The van der Waals surface area contributed by atoms with E-state index in [9.17, 15) is 9.59 Å². The lowest BCUT2D eigenvalue weighted by Crippen LogP contribution is -2.37. The van der Waals surface area contributed by atoms with E-state index in [1.165, 1.54) is 6.08 Å². The van der Waals surface area contributed by atoms with Crippen LogP contribution in [0.2, 0.25) is 0 Å². The number of amides is 2. The number of ether oxygens (including phenoxy) is 1. The minimum atomic E-state index is -0.334. The number of furan rings is 1. The Morgan fingerprint density at radius 1 is 1.41 bits per heavy atom. The second-order valence-electron chi connectivity index (χ2n) is 5.45. The summed E-state index contributed by atoms with van der Waals surface area (Å²) < 4.78 is 10.5. The van der Waals surface area contributed by atoms with E-state index in [-0.39, 0.29) is 18.4 Å². The van der Waals surface area contributed by atoms with Gasteiger partial charge in [0.1, 0.15) is 11.5 Å². The third kappa shape index (κ3) is 5.04. The Labute approximate surface area is 129 Å². The highest BCUT2D eigenvalue weighted by atomic mass is 16.5. The van der Waals surface area contributed by atoms with Crippen molar-refractivity contribution in [2.24, 2.45) is 5.92 Å². The largest absolute Gasteiger partial charge is 0.461 e. The van der Waals surface area contributed by atoms with E-state index in [0.717, 1.165) is 12.2 Å². The lowest BCUT2D eigenvalue weighted by atomic mass is 10.3. The molecule has 1 fully saturated rings. The SMILES string of the molecule is COCCNC(=O)CNC(=O)/C=C/c1ccc(C2CC2C)o1. The first-order chi connectivity index (χ1) is 10.6. The zero-order valence-electron chi connectivity index (χ0n) is 12.9. The molecule has 2 unspecified atom stereocenters. The molecule has 0 bridgehead atoms. The molecule has 22 heavy (non-hydrogen) atoms. The zero-order valence-corrected chi connectivity index (χ0v) is 12.9. The quantitative estimate of drug-likeness (QED) is 0.560. The van der Waals surface area contributed by atoms with Gasteiger partial charge in [0.25, 0.3) is 0 Å². The third-order valence-electron chi connectivity index (χ3n) is 3.57. The van der Waals surface area contributed by atoms with Crippen LogP contribution in [-0.4, -0.2) is 38.6 Å². The molecule has 0 radical (unpaired) electrons. The lowest BCUT2D eigenvalue weighted by Gasteiger charge is -2.04. The van der Waals surface area contributed by atoms with Crippen molar-refractivity contribution in [1.29, 1.82) is 0 Å². The van der Waals surface area contributed by atoms with Gasteiger partial charge in [-0.15, -0.1) is 0 Å². The Kier molecular flexibility index (Phi) is 5.77. The molecule has 6 heteroatoms. The van der Waals surface area contributed by atoms with Gasteiger partial charge in [0, 0.05) is 25.6 Å². The molecule has 6 nitrogen and oxygen atoms in total. The number of rotatable bonds is 8. The van der Waals surface area contributed by atoms with Crippen LogP contribution in [0.3, 0.4) is 0 Å². The van der Waals surface area contributed by atoms with Crippen molar-refractivity contribution in [1.82, 2.24) is 10.6 Å². The maximum atomic E-state index is 11.6. The molecule has 2 amide bonds. The van der Waals surface area contributed by atoms with E-state index in [2.05, 4.69) is 17.6 Å². The number of carbonyl (C=O) groups excluding carboxylic acids is 2. The molecule has 1 aliphatic rings. The summed E-state index contributed by atoms with van der Waals surface area (Å²) in [5, 5.41) is 5.13. The van der Waals surface area contributed by atoms with Gasteiger partial charge in [-0.1, -0.05) is 6.92 Å². The normalized spacial score (nSPS) is 20.1. The van der Waals surface area contributed by atoms with Gasteiger partial charge in [0.05, 0.1) is 13.2 Å². The van der Waals surface area contributed by atoms with Gasteiger partial charge in [0.2, 0.25) is 11.8 Å². The highest BCUT2D eigenvalue weighted by Gasteiger charge is 2.36. The summed E-state index contributed by atoms with van der Waals surface area (Å²) in [7, 11) is 1.56. The fourth-order valence-electron chi connectivity index (χ4n) is 2.11. The molecule has 1 aliphatic carbocycles. The van der Waals surface area contributed by atoms with Crippen molar-refractivity contribution < 1.29 is 18.7 Å². The third-order valence-corrected chi connectivity index (χ3v) is 3.57. The van der Waals surface area contributed by atoms with Gasteiger partial charge in [-0.05, 0) is 30.5 Å². The molecule has 2 rings (SSSR count). The van der Waals surface area contributed by atoms with Crippen LogP contribution in [0, 0.1) is 5.92 Å². The highest BCUT2D eigenvalue weighted by molar-refractivity contribution is 5.94. The Balaban J connectivity index is 1.70. The van der Waals surface area contributed by atoms with E-state index in [1.807, 2.05) is 12.1 Å². The predicted molar refractivity (Wildman–Crippen MR) is 82.2 cm³/mol. The molecule has 1 heterocycles. The number of nitrogens with one attached hydrogen (secondary N) is 2. The number of methoxy groups -OCH3 is 1. The average Bonchev–Trinajstić information content (AvgIpc) is 3.04. The van der Waals surface area contributed by atoms with Crippen LogP contribution in [0.5, 0.6) is 0 Å². The van der Waals surface area contributed by atoms with E-state index in [0.29, 0.717) is 30.7 Å². The van der Waals surface area contributed by atoms with Crippen LogP contribution in [0.4, 0.5) is 0 Å². The lowest BCUT2D eigenvalue weighted by molar-refractivity contribution is -0.124. The van der Waals surface area contributed by atoms with E-state index in [4.69, 9.17) is 9.15 Å². The summed E-state index contributed by atoms with van der Waals surface area (Å²) in [6.07, 6.45) is 4.13. The molecule has 1 aromatic rings. The molecule has 1 aromatic heterocycles. The maximum absolute atomic E-state index is 11.6. The molecule has 2 atom stereocenters. The van der Waals surface area contributed by atoms with Crippen LogP contribution in [0.25, 0.3) is 6.08 Å². The second kappa shape index (κ2) is 7.79. The summed E-state index contributed by atoms with van der Waals surface area (Å²) in [5.74, 6) is 2.25. The van der Waals surface area contributed by atoms with Crippen molar-refractivity contribution in [3.63, 3.8) is 0 Å². The first kappa shape index (κ1) is 16.3. The van der Waals surface area contributed by atoms with Gasteiger partial charge >= 0.3 is 0 Å². The van der Waals surface area contributed by atoms with Crippen LogP contribution < -0.4 is 10.6 Å². The van der Waals surface area contributed by atoms with Gasteiger partial charge < -0.3 is 19.8 Å². The topological polar surface area (TPSA) is 80.6 Å². The standard InChI is InChI=1S/C16H22N2O4/c1-11-9-13(11)14-5-3-12(22-14)4-6-15(19)18-10-16(20)17-7-8-21-2/h3-6,11,13H,7-10H2,1-2H3,(H,17,20)(H,18,19)/b6-4+. The van der Waals surface area contributed by atoms with Crippen molar-refractivity contribution >= 4 is 17.9 Å². The highest BCUT2D eigenvalue weighted by Crippen LogP contribution is 2.47. The number of hydrogen-bond acceptors (Lipinski definition) is 4. The van der Waals surface area contributed by atoms with Crippen molar-refractivity contribution in [2.45, 2.75) is 19.3 Å². The monoisotopic (exact) mass is 306 g/mol. The fraction of sp³-hybridized carbons (Fsp3) is 0.500. The van der Waals surface area contributed by atoms with Crippen LogP contribution in [0.15, 0.2) is 22.6 Å². The first-order valence-corrected chi connectivity index (χ1v) is 7.41. The van der Waals surface area contributed by atoms with Gasteiger partial charge in [-0.2, -0.15) is 0 Å². The molecule has 120 valence electrons. The molecule has 0 aromatic carbocycles. The van der Waals surface area contributed by atoms with E-state index < -0.39 is 0 Å². The molecule has 2 N–H and O–H groups in total. The van der Waals surface area contributed by atoms with E-state index in [1.54, 1.807) is 13.2 Å². The van der Waals surface area contributed by atoms with Gasteiger partial charge in [-0.3, -0.25) is 9.59 Å². The van der Waals surface area contributed by atoms with Crippen molar-refractivity contribution in [3.8, 4) is 0 Å². The Bertz CT molecular complexity index is 550. The summed E-state index contributed by atoms with van der Waals surface area (Å²) in [6.45, 7) is 3.00. The second-order valence-corrected chi connectivity index (χ2v) is 5.45. The molecular weight excluding hydrogens is 284 g/mol. The predicted octanol–water partition coefficient (Wildman–Crippen LogP) is 1.30. The van der Waals surface area contributed by atoms with Crippen LogP contribution in [0.1, 0.15) is 30.8 Å². The van der Waals surface area contributed by atoms with E-state index >= 15 is 0 Å². The van der Waals surface area contributed by atoms with Crippen molar-refractivity contribution in [2.75, 3.05) is 26.8 Å². The average molecular weight is 306 g/mol. The first-order valence-electron chi connectivity index (χ1n) is 7.41. The van der Waals surface area contributed by atoms with Gasteiger partial charge in [-0.25, -0.2) is 0 Å². The molecule has 1 saturated carbocycles. The van der Waals surface area contributed by atoms with Crippen molar-refractivity contribution in [3.05, 3.63) is 29.7 Å². The summed E-state index contributed by atoms with van der Waals surface area (Å²) in [4.78, 5) is 23.0. The minimum Gasteiger partial charge on any atom is -0.461 e. The van der Waals surface area contributed by atoms with Crippen LogP contribution >= 0.6 is 0 Å². The van der Waals surface area contributed by atoms with Gasteiger partial charge in [0.15, 0.2) is 0 Å². The number of carbonyl (C=O) groups is 2. The molecule has 0 spiro atoms. The Morgan fingerprint density at radius 3 is 2.86 bits per heavy atom.